The van der Waals surface area contributed by atoms with Crippen LogP contribution in [0.5, 0.6) is 0 Å². The van der Waals surface area contributed by atoms with Crippen LogP contribution in [0.3, 0.4) is 0 Å². The van der Waals surface area contributed by atoms with Gasteiger partial charge in [0.1, 0.15) is 0 Å². The van der Waals surface area contributed by atoms with Gasteiger partial charge in [0, 0.05) is 4.47 Å². The standard InChI is InChI=1S/C15H25BrN2OS/c1-4-17(5-2)9-7-10-18(6-3)12-14(19)15-13(16)8-11-20-15/h8,11H,4-7,9-10,12H2,1-3H3. The van der Waals surface area contributed by atoms with Crippen LogP contribution < -0.4 is 0 Å². The summed E-state index contributed by atoms with van der Waals surface area (Å²) in [6.07, 6.45) is 1.12. The Balaban J connectivity index is 2.39. The molecule has 114 valence electrons. The van der Waals surface area contributed by atoms with E-state index in [9.17, 15) is 4.79 Å². The maximum Gasteiger partial charge on any atom is 0.187 e. The number of nitrogens with zero attached hydrogens (tertiary/aromatic N) is 2. The first-order chi connectivity index (χ1) is 9.62. The van der Waals surface area contributed by atoms with Gasteiger partial charge in [0.2, 0.25) is 0 Å². The summed E-state index contributed by atoms with van der Waals surface area (Å²) in [6, 6.07) is 1.94. The SMILES string of the molecule is CCN(CC)CCCN(CC)CC(=O)c1sccc1Br. The molecule has 20 heavy (non-hydrogen) atoms. The number of hydrogen-bond acceptors (Lipinski definition) is 4. The number of halogens is 1. The summed E-state index contributed by atoms with van der Waals surface area (Å²) >= 11 is 4.95. The van der Waals surface area contributed by atoms with E-state index in [2.05, 4.69) is 46.5 Å². The van der Waals surface area contributed by atoms with E-state index >= 15 is 0 Å². The molecular formula is C15H25BrN2OS. The lowest BCUT2D eigenvalue weighted by atomic mass is 10.2. The number of thiophene rings is 1. The average molecular weight is 361 g/mol. The largest absolute Gasteiger partial charge is 0.304 e. The molecule has 0 aliphatic heterocycles. The molecule has 0 saturated carbocycles. The quantitative estimate of drug-likeness (QED) is 0.593. The Labute approximate surface area is 135 Å². The van der Waals surface area contributed by atoms with Gasteiger partial charge in [-0.2, -0.15) is 0 Å². The summed E-state index contributed by atoms with van der Waals surface area (Å²) in [7, 11) is 0. The van der Waals surface area contributed by atoms with Crippen molar-refractivity contribution in [1.82, 2.24) is 9.80 Å². The number of rotatable bonds is 10. The second-order valence-corrected chi connectivity index (χ2v) is 6.54. The molecule has 0 unspecified atom stereocenters. The summed E-state index contributed by atoms with van der Waals surface area (Å²) in [5, 5.41) is 1.95. The third-order valence-corrected chi connectivity index (χ3v) is 5.41. The van der Waals surface area contributed by atoms with Crippen LogP contribution in [-0.2, 0) is 0 Å². The highest BCUT2D eigenvalue weighted by Crippen LogP contribution is 2.23. The molecule has 0 aliphatic rings. The molecule has 0 radical (unpaired) electrons. The van der Waals surface area contributed by atoms with Gasteiger partial charge < -0.3 is 4.90 Å². The molecule has 0 spiro atoms. The van der Waals surface area contributed by atoms with Crippen molar-refractivity contribution in [2.45, 2.75) is 27.2 Å². The molecule has 0 amide bonds. The number of carbonyl (C=O) groups is 1. The Morgan fingerprint density at radius 3 is 2.25 bits per heavy atom. The number of Topliss-reactive ketones (excluding diaryl/α,β-unsaturated/α-hetero) is 1. The van der Waals surface area contributed by atoms with Crippen LogP contribution in [0.25, 0.3) is 0 Å². The van der Waals surface area contributed by atoms with E-state index in [-0.39, 0.29) is 5.78 Å². The third kappa shape index (κ3) is 5.64. The van der Waals surface area contributed by atoms with Gasteiger partial charge in [-0.05, 0) is 66.5 Å². The predicted molar refractivity (Wildman–Crippen MR) is 90.9 cm³/mol. The van der Waals surface area contributed by atoms with Crippen molar-refractivity contribution in [2.75, 3.05) is 39.3 Å². The smallest absolute Gasteiger partial charge is 0.187 e. The maximum atomic E-state index is 12.2. The Hall–Kier alpha value is -0.230. The molecule has 1 aromatic rings. The zero-order valence-electron chi connectivity index (χ0n) is 12.7. The van der Waals surface area contributed by atoms with Crippen LogP contribution in [0.2, 0.25) is 0 Å². The van der Waals surface area contributed by atoms with Crippen molar-refractivity contribution in [2.24, 2.45) is 0 Å². The first-order valence-electron chi connectivity index (χ1n) is 7.33. The van der Waals surface area contributed by atoms with Gasteiger partial charge in [0.05, 0.1) is 11.4 Å². The summed E-state index contributed by atoms with van der Waals surface area (Å²) in [5.41, 5.74) is 0. The van der Waals surface area contributed by atoms with Crippen molar-refractivity contribution < 1.29 is 4.79 Å². The minimum atomic E-state index is 0.219. The lowest BCUT2D eigenvalue weighted by Gasteiger charge is -2.22. The number of hydrogen-bond donors (Lipinski definition) is 0. The molecule has 0 atom stereocenters. The molecule has 0 aliphatic carbocycles. The highest BCUT2D eigenvalue weighted by molar-refractivity contribution is 9.10. The van der Waals surface area contributed by atoms with Crippen molar-refractivity contribution >= 4 is 33.0 Å². The molecule has 3 nitrogen and oxygen atoms in total. The number of likely N-dealkylation sites (N-methyl/N-ethyl adjacent to an activating group) is 1. The Bertz CT molecular complexity index is 404. The van der Waals surface area contributed by atoms with Gasteiger partial charge in [-0.15, -0.1) is 11.3 Å². The van der Waals surface area contributed by atoms with Gasteiger partial charge >= 0.3 is 0 Å². The fourth-order valence-corrected chi connectivity index (χ4v) is 3.70. The van der Waals surface area contributed by atoms with E-state index in [1.807, 2.05) is 11.4 Å². The van der Waals surface area contributed by atoms with E-state index in [1.165, 1.54) is 11.3 Å². The molecule has 0 fully saturated rings. The molecule has 0 N–H and O–H groups in total. The van der Waals surface area contributed by atoms with Gasteiger partial charge in [-0.1, -0.05) is 20.8 Å². The second-order valence-electron chi connectivity index (χ2n) is 4.77. The van der Waals surface area contributed by atoms with Crippen molar-refractivity contribution in [3.05, 3.63) is 20.8 Å². The van der Waals surface area contributed by atoms with Crippen molar-refractivity contribution in [3.8, 4) is 0 Å². The zero-order chi connectivity index (χ0) is 15.0. The molecular weight excluding hydrogens is 336 g/mol. The van der Waals surface area contributed by atoms with Crippen LogP contribution in [0.15, 0.2) is 15.9 Å². The van der Waals surface area contributed by atoms with E-state index in [1.54, 1.807) is 0 Å². The van der Waals surface area contributed by atoms with Crippen LogP contribution in [0.4, 0.5) is 0 Å². The lowest BCUT2D eigenvalue weighted by molar-refractivity contribution is 0.0934. The maximum absolute atomic E-state index is 12.2. The highest BCUT2D eigenvalue weighted by Gasteiger charge is 2.15. The van der Waals surface area contributed by atoms with Crippen molar-refractivity contribution in [3.63, 3.8) is 0 Å². The average Bonchev–Trinajstić information content (AvgIpc) is 2.88. The van der Waals surface area contributed by atoms with Gasteiger partial charge in [-0.3, -0.25) is 9.69 Å². The van der Waals surface area contributed by atoms with Crippen molar-refractivity contribution in [1.29, 1.82) is 0 Å². The third-order valence-electron chi connectivity index (χ3n) is 3.53. The normalized spacial score (nSPS) is 11.5. The summed E-state index contributed by atoms with van der Waals surface area (Å²) < 4.78 is 0.923. The predicted octanol–water partition coefficient (Wildman–Crippen LogP) is 3.75. The van der Waals surface area contributed by atoms with Crippen LogP contribution >= 0.6 is 27.3 Å². The topological polar surface area (TPSA) is 23.6 Å². The second kappa shape index (κ2) is 9.66. The minimum absolute atomic E-state index is 0.219. The van der Waals surface area contributed by atoms with E-state index < -0.39 is 0 Å². The fourth-order valence-electron chi connectivity index (χ4n) is 2.17. The lowest BCUT2D eigenvalue weighted by Crippen LogP contribution is -2.33. The molecule has 1 aromatic heterocycles. The number of ketones is 1. The monoisotopic (exact) mass is 360 g/mol. The minimum Gasteiger partial charge on any atom is -0.304 e. The Morgan fingerprint density at radius 2 is 1.75 bits per heavy atom. The summed E-state index contributed by atoms with van der Waals surface area (Å²) in [4.78, 5) is 17.7. The van der Waals surface area contributed by atoms with Crippen LogP contribution in [0, 0.1) is 0 Å². The molecule has 0 bridgehead atoms. The molecule has 0 saturated heterocycles. The Morgan fingerprint density at radius 1 is 1.15 bits per heavy atom. The Kier molecular flexibility index (Phi) is 8.61. The molecule has 5 heteroatoms. The van der Waals surface area contributed by atoms with Gasteiger partial charge in [0.25, 0.3) is 0 Å². The zero-order valence-corrected chi connectivity index (χ0v) is 15.1. The summed E-state index contributed by atoms with van der Waals surface area (Å²) in [5.74, 6) is 0.219. The molecule has 0 aromatic carbocycles. The van der Waals surface area contributed by atoms with Gasteiger partial charge in [0.15, 0.2) is 5.78 Å². The first-order valence-corrected chi connectivity index (χ1v) is 9.00. The van der Waals surface area contributed by atoms with Crippen LogP contribution in [-0.4, -0.2) is 54.9 Å². The van der Waals surface area contributed by atoms with Crippen LogP contribution in [0.1, 0.15) is 36.9 Å². The highest BCUT2D eigenvalue weighted by atomic mass is 79.9. The number of carbonyl (C=O) groups excluding carboxylic acids is 1. The fraction of sp³-hybridized carbons (Fsp3) is 0.667. The first kappa shape index (κ1) is 17.8. The molecule has 1 rings (SSSR count). The van der Waals surface area contributed by atoms with Gasteiger partial charge in [-0.25, -0.2) is 0 Å². The molecule has 1 heterocycles. The van der Waals surface area contributed by atoms with E-state index in [0.29, 0.717) is 6.54 Å². The van der Waals surface area contributed by atoms with E-state index in [0.717, 1.165) is 48.5 Å². The van der Waals surface area contributed by atoms with E-state index in [4.69, 9.17) is 0 Å². The summed E-state index contributed by atoms with van der Waals surface area (Å²) in [6.45, 7) is 12.3.